The van der Waals surface area contributed by atoms with Crippen LogP contribution in [0.25, 0.3) is 0 Å². The number of carbonyl (C=O) groups excluding carboxylic acids is 3. The second-order valence-corrected chi connectivity index (χ2v) is 19.9. The van der Waals surface area contributed by atoms with Crippen molar-refractivity contribution >= 4 is 17.9 Å². The van der Waals surface area contributed by atoms with Crippen molar-refractivity contribution in [3.05, 3.63) is 12.2 Å². The minimum absolute atomic E-state index is 0.0664. The molecule has 0 aliphatic heterocycles. The second-order valence-electron chi connectivity index (χ2n) is 19.9. The lowest BCUT2D eigenvalue weighted by molar-refractivity contribution is -0.167. The normalized spacial score (nSPS) is 12.0. The summed E-state index contributed by atoms with van der Waals surface area (Å²) in [7, 11) is 0. The van der Waals surface area contributed by atoms with Gasteiger partial charge in [-0.1, -0.05) is 277 Å². The smallest absolute Gasteiger partial charge is 0.306 e. The molecule has 0 radical (unpaired) electrons. The molecule has 0 aromatic heterocycles. The SMILES string of the molecule is CCCCCCCC/C=C\CCCCCCCC(=O)OC[C@H](COC(=O)CCCCCCCCCCCCCCCCC)OC(=O)CCCCCCCCCCCCCCCCCCC. The van der Waals surface area contributed by atoms with Crippen molar-refractivity contribution in [3.8, 4) is 0 Å². The van der Waals surface area contributed by atoms with Crippen molar-refractivity contribution in [2.75, 3.05) is 13.2 Å². The number of unbranched alkanes of at least 4 members (excludes halogenated alkanes) is 41. The Morgan fingerprint density at radius 2 is 0.508 bits per heavy atom. The summed E-state index contributed by atoms with van der Waals surface area (Å²) in [6, 6.07) is 0. The molecule has 0 saturated carbocycles. The molecule has 0 N–H and O–H groups in total. The summed E-state index contributed by atoms with van der Waals surface area (Å²) in [5.74, 6) is -0.850. The van der Waals surface area contributed by atoms with Gasteiger partial charge in [0.15, 0.2) is 6.10 Å². The van der Waals surface area contributed by atoms with Crippen LogP contribution >= 0.6 is 0 Å². The maximum absolute atomic E-state index is 12.9. The number of carbonyl (C=O) groups is 3. The van der Waals surface area contributed by atoms with Crippen LogP contribution in [-0.2, 0) is 28.6 Å². The maximum Gasteiger partial charge on any atom is 0.306 e. The predicted octanol–water partition coefficient (Wildman–Crippen LogP) is 19.3. The summed E-state index contributed by atoms with van der Waals surface area (Å²) < 4.78 is 16.9. The molecule has 65 heavy (non-hydrogen) atoms. The maximum atomic E-state index is 12.9. The lowest BCUT2D eigenvalue weighted by atomic mass is 10.0. The number of ether oxygens (including phenoxy) is 3. The molecule has 0 aromatic rings. The topological polar surface area (TPSA) is 78.9 Å². The molecule has 0 saturated heterocycles. The van der Waals surface area contributed by atoms with Crippen molar-refractivity contribution in [1.82, 2.24) is 0 Å². The van der Waals surface area contributed by atoms with Crippen LogP contribution in [0.3, 0.4) is 0 Å². The van der Waals surface area contributed by atoms with Gasteiger partial charge in [-0.05, 0) is 44.9 Å². The molecule has 6 nitrogen and oxygen atoms in total. The van der Waals surface area contributed by atoms with Gasteiger partial charge in [-0.25, -0.2) is 0 Å². The van der Waals surface area contributed by atoms with Crippen LogP contribution in [0.4, 0.5) is 0 Å². The van der Waals surface area contributed by atoms with Crippen LogP contribution in [0.15, 0.2) is 12.2 Å². The largest absolute Gasteiger partial charge is 0.462 e. The quantitative estimate of drug-likeness (QED) is 0.0262. The number of rotatable bonds is 54. The van der Waals surface area contributed by atoms with E-state index in [1.807, 2.05) is 0 Å². The molecule has 0 aromatic carbocycles. The zero-order valence-corrected chi connectivity index (χ0v) is 44.0. The van der Waals surface area contributed by atoms with Crippen LogP contribution in [-0.4, -0.2) is 37.2 Å². The fourth-order valence-electron chi connectivity index (χ4n) is 8.85. The highest BCUT2D eigenvalue weighted by Gasteiger charge is 2.19. The Morgan fingerprint density at radius 1 is 0.292 bits per heavy atom. The Labute approximate surface area is 405 Å². The molecule has 0 rings (SSSR count). The molecular weight excluding hydrogens is 805 g/mol. The van der Waals surface area contributed by atoms with Gasteiger partial charge in [-0.2, -0.15) is 0 Å². The Morgan fingerprint density at radius 3 is 0.769 bits per heavy atom. The van der Waals surface area contributed by atoms with E-state index in [2.05, 4.69) is 32.9 Å². The van der Waals surface area contributed by atoms with E-state index in [0.29, 0.717) is 19.3 Å². The highest BCUT2D eigenvalue weighted by molar-refractivity contribution is 5.71. The van der Waals surface area contributed by atoms with E-state index in [4.69, 9.17) is 14.2 Å². The molecule has 0 spiro atoms. The standard InChI is InChI=1S/C59H112O6/c1-4-7-10-13-16-19-22-25-28-29-32-35-38-41-44-47-50-53-59(62)65-56(54-63-57(60)51-48-45-42-39-36-33-30-26-23-20-17-14-11-8-5-2)55-64-58(61)52-49-46-43-40-37-34-31-27-24-21-18-15-12-9-6-3/h26,30,56H,4-25,27-29,31-55H2,1-3H3/b30-26-/t56-/m1/s1. The summed E-state index contributed by atoms with van der Waals surface area (Å²) >= 11 is 0. The van der Waals surface area contributed by atoms with Crippen LogP contribution in [0.1, 0.15) is 329 Å². The van der Waals surface area contributed by atoms with Gasteiger partial charge in [0.05, 0.1) is 0 Å². The van der Waals surface area contributed by atoms with E-state index in [0.717, 1.165) is 64.2 Å². The van der Waals surface area contributed by atoms with Gasteiger partial charge in [0, 0.05) is 19.3 Å². The monoisotopic (exact) mass is 917 g/mol. The Bertz CT molecular complexity index is 1010. The van der Waals surface area contributed by atoms with Gasteiger partial charge in [-0.3, -0.25) is 14.4 Å². The lowest BCUT2D eigenvalue weighted by Gasteiger charge is -2.18. The first-order valence-electron chi connectivity index (χ1n) is 29.2. The van der Waals surface area contributed by atoms with Crippen molar-refractivity contribution < 1.29 is 28.6 Å². The highest BCUT2D eigenvalue weighted by atomic mass is 16.6. The Kier molecular flexibility index (Phi) is 53.2. The molecule has 6 heteroatoms. The third-order valence-corrected chi connectivity index (χ3v) is 13.3. The second kappa shape index (κ2) is 54.8. The summed E-state index contributed by atoms with van der Waals surface area (Å²) in [4.78, 5) is 38.1. The first kappa shape index (κ1) is 63.1. The minimum atomic E-state index is -0.767. The average molecular weight is 918 g/mol. The van der Waals surface area contributed by atoms with Crippen molar-refractivity contribution in [2.45, 2.75) is 335 Å². The van der Waals surface area contributed by atoms with Gasteiger partial charge >= 0.3 is 17.9 Å². The van der Waals surface area contributed by atoms with E-state index < -0.39 is 6.10 Å². The van der Waals surface area contributed by atoms with Gasteiger partial charge in [-0.15, -0.1) is 0 Å². The zero-order valence-electron chi connectivity index (χ0n) is 44.0. The molecule has 0 aliphatic carbocycles. The Hall–Kier alpha value is -1.85. The van der Waals surface area contributed by atoms with Crippen LogP contribution in [0.2, 0.25) is 0 Å². The molecule has 0 fully saturated rings. The number of hydrogen-bond donors (Lipinski definition) is 0. The molecule has 0 bridgehead atoms. The fraction of sp³-hybridized carbons (Fsp3) is 0.915. The van der Waals surface area contributed by atoms with E-state index in [9.17, 15) is 14.4 Å². The molecule has 384 valence electrons. The van der Waals surface area contributed by atoms with E-state index in [1.165, 1.54) is 225 Å². The Balaban J connectivity index is 4.32. The summed E-state index contributed by atoms with van der Waals surface area (Å²) in [5.41, 5.74) is 0. The molecular formula is C59H112O6. The third-order valence-electron chi connectivity index (χ3n) is 13.3. The van der Waals surface area contributed by atoms with Crippen LogP contribution < -0.4 is 0 Å². The molecule has 0 aliphatic rings. The van der Waals surface area contributed by atoms with Crippen molar-refractivity contribution in [2.24, 2.45) is 0 Å². The fourth-order valence-corrected chi connectivity index (χ4v) is 8.85. The van der Waals surface area contributed by atoms with Crippen molar-refractivity contribution in [3.63, 3.8) is 0 Å². The van der Waals surface area contributed by atoms with E-state index >= 15 is 0 Å². The average Bonchev–Trinajstić information content (AvgIpc) is 3.30. The molecule has 0 amide bonds. The first-order chi connectivity index (χ1) is 32.0. The summed E-state index contributed by atoms with van der Waals surface area (Å²) in [6.45, 7) is 6.69. The van der Waals surface area contributed by atoms with E-state index in [1.54, 1.807) is 0 Å². The van der Waals surface area contributed by atoms with Gasteiger partial charge < -0.3 is 14.2 Å². The zero-order chi connectivity index (χ0) is 47.2. The van der Waals surface area contributed by atoms with Crippen LogP contribution in [0.5, 0.6) is 0 Å². The van der Waals surface area contributed by atoms with Gasteiger partial charge in [0.25, 0.3) is 0 Å². The lowest BCUT2D eigenvalue weighted by Crippen LogP contribution is -2.30. The van der Waals surface area contributed by atoms with Gasteiger partial charge in [0.2, 0.25) is 0 Å². The molecule has 0 unspecified atom stereocenters. The number of hydrogen-bond acceptors (Lipinski definition) is 6. The first-order valence-corrected chi connectivity index (χ1v) is 29.2. The van der Waals surface area contributed by atoms with Gasteiger partial charge in [0.1, 0.15) is 13.2 Å². The van der Waals surface area contributed by atoms with Crippen LogP contribution in [0, 0.1) is 0 Å². The third kappa shape index (κ3) is 53.0. The van der Waals surface area contributed by atoms with Crippen molar-refractivity contribution in [1.29, 1.82) is 0 Å². The molecule has 1 atom stereocenters. The summed E-state index contributed by atoms with van der Waals surface area (Å²) in [5, 5.41) is 0. The number of allylic oxidation sites excluding steroid dienone is 2. The minimum Gasteiger partial charge on any atom is -0.462 e. The molecule has 0 heterocycles. The van der Waals surface area contributed by atoms with E-state index in [-0.39, 0.29) is 31.1 Å². The predicted molar refractivity (Wildman–Crippen MR) is 280 cm³/mol. The highest BCUT2D eigenvalue weighted by Crippen LogP contribution is 2.17. The summed E-state index contributed by atoms with van der Waals surface area (Å²) in [6.07, 6.45) is 62.0. The number of esters is 3.